The molecular weight excluding hydrogens is 259 g/mol. The summed E-state index contributed by atoms with van der Waals surface area (Å²) < 4.78 is 20.4. The minimum absolute atomic E-state index is 0.0178. The lowest BCUT2D eigenvalue weighted by molar-refractivity contribution is -0.134. The van der Waals surface area contributed by atoms with Gasteiger partial charge in [0.05, 0.1) is 12.6 Å². The largest absolute Gasteiger partial charge is 0.394 e. The number of likely N-dealkylation sites (N-methyl/N-ethyl adjacent to an activating group) is 1. The molecule has 1 aromatic rings. The molecule has 0 amide bonds. The van der Waals surface area contributed by atoms with E-state index in [4.69, 9.17) is 15.6 Å². The molecule has 0 aromatic carbocycles. The lowest BCUT2D eigenvalue weighted by atomic mass is 10.1. The summed E-state index contributed by atoms with van der Waals surface area (Å²) in [5.74, 6) is 0.0178. The first kappa shape index (κ1) is 13.9. The van der Waals surface area contributed by atoms with Gasteiger partial charge in [0.15, 0.2) is 12.4 Å². The number of aromatic nitrogens is 2. The number of aliphatic hydroxyl groups is 1. The normalized spacial score (nSPS) is 31.0. The van der Waals surface area contributed by atoms with Crippen LogP contribution in [0.2, 0.25) is 0 Å². The first-order chi connectivity index (χ1) is 8.95. The maximum absolute atomic E-state index is 14.3. The number of hydrogen-bond donors (Lipinski definition) is 3. The van der Waals surface area contributed by atoms with Crippen LogP contribution in [0.25, 0.3) is 0 Å². The minimum Gasteiger partial charge on any atom is -0.394 e. The fourth-order valence-electron chi connectivity index (χ4n) is 2.14. The van der Waals surface area contributed by atoms with Crippen molar-refractivity contribution in [2.45, 2.75) is 24.5 Å². The molecule has 4 atom stereocenters. The Morgan fingerprint density at radius 3 is 2.84 bits per heavy atom. The van der Waals surface area contributed by atoms with E-state index in [0.717, 1.165) is 4.57 Å². The number of ether oxygens (including phenoxy) is 1. The van der Waals surface area contributed by atoms with Crippen LogP contribution in [-0.2, 0) is 4.74 Å². The van der Waals surface area contributed by atoms with Gasteiger partial charge in [-0.2, -0.15) is 10.0 Å². The second-order valence-corrected chi connectivity index (χ2v) is 4.30. The smallest absolute Gasteiger partial charge is 0.351 e. The molecule has 1 aliphatic rings. The summed E-state index contributed by atoms with van der Waals surface area (Å²) in [4.78, 5) is 15.1. The van der Waals surface area contributed by atoms with Crippen molar-refractivity contribution in [1.29, 1.82) is 0 Å². The van der Waals surface area contributed by atoms with Crippen LogP contribution in [0.4, 0.5) is 10.2 Å². The molecule has 9 heteroatoms. The van der Waals surface area contributed by atoms with Gasteiger partial charge in [0.1, 0.15) is 11.9 Å². The third-order valence-electron chi connectivity index (χ3n) is 3.03. The second-order valence-electron chi connectivity index (χ2n) is 4.30. The highest BCUT2D eigenvalue weighted by Crippen LogP contribution is 2.32. The lowest BCUT2D eigenvalue weighted by Crippen LogP contribution is -2.43. The average Bonchev–Trinajstić information content (AvgIpc) is 2.66. The van der Waals surface area contributed by atoms with E-state index in [0.29, 0.717) is 5.06 Å². The topological polar surface area (TPSA) is 114 Å². The number of rotatable bonds is 3. The number of alkyl halides is 1. The van der Waals surface area contributed by atoms with Crippen molar-refractivity contribution in [3.8, 4) is 0 Å². The molecule has 0 bridgehead atoms. The molecule has 2 rings (SSSR count). The Hall–Kier alpha value is -1.55. The number of nitrogens with zero attached hydrogens (tertiary/aromatic N) is 3. The maximum atomic E-state index is 14.3. The molecule has 0 radical (unpaired) electrons. The monoisotopic (exact) mass is 274 g/mol. The maximum Gasteiger partial charge on any atom is 0.351 e. The number of aliphatic hydroxyl groups excluding tert-OH is 1. The molecule has 1 aliphatic heterocycles. The van der Waals surface area contributed by atoms with Crippen LogP contribution in [0.3, 0.4) is 0 Å². The van der Waals surface area contributed by atoms with Crippen molar-refractivity contribution in [3.05, 3.63) is 22.7 Å². The number of anilines is 1. The van der Waals surface area contributed by atoms with Gasteiger partial charge in [-0.25, -0.2) is 9.18 Å². The minimum atomic E-state index is -1.70. The predicted octanol–water partition coefficient (Wildman–Crippen LogP) is -1.26. The molecule has 0 spiro atoms. The molecule has 1 fully saturated rings. The van der Waals surface area contributed by atoms with Crippen LogP contribution in [-0.4, -0.2) is 56.9 Å². The molecule has 1 aromatic heterocycles. The van der Waals surface area contributed by atoms with Gasteiger partial charge in [0.25, 0.3) is 0 Å². The average molecular weight is 274 g/mol. The standard InChI is InChI=1S/C10H15FN4O4/c1-14(18)8-5(4-16)19-9(7(8)11)15-3-2-6(12)13-10(15)17/h2-3,5,7-9,16,18H,4H2,1H3,(H2,12,13,17)/t5-,7+,8+,9+/m1/s1. The number of hydroxylamine groups is 2. The highest BCUT2D eigenvalue weighted by molar-refractivity contribution is 5.23. The number of hydrogen-bond acceptors (Lipinski definition) is 7. The van der Waals surface area contributed by atoms with Crippen LogP contribution in [0.1, 0.15) is 6.23 Å². The van der Waals surface area contributed by atoms with Crippen LogP contribution in [0.5, 0.6) is 0 Å². The Kier molecular flexibility index (Phi) is 3.80. The van der Waals surface area contributed by atoms with Crippen LogP contribution >= 0.6 is 0 Å². The van der Waals surface area contributed by atoms with Crippen LogP contribution < -0.4 is 11.4 Å². The number of halogens is 1. The summed E-state index contributed by atoms with van der Waals surface area (Å²) in [6, 6.07) is 0.265. The van der Waals surface area contributed by atoms with E-state index in [1.54, 1.807) is 0 Å². The van der Waals surface area contributed by atoms with Crippen LogP contribution in [0.15, 0.2) is 17.1 Å². The summed E-state index contributed by atoms with van der Waals surface area (Å²) >= 11 is 0. The van der Waals surface area contributed by atoms with Crippen LogP contribution in [0, 0.1) is 0 Å². The zero-order chi connectivity index (χ0) is 14.2. The van der Waals surface area contributed by atoms with E-state index in [-0.39, 0.29) is 5.82 Å². The Labute approximate surface area is 107 Å². The van der Waals surface area contributed by atoms with Crippen molar-refractivity contribution in [3.63, 3.8) is 0 Å². The first-order valence-electron chi connectivity index (χ1n) is 5.62. The summed E-state index contributed by atoms with van der Waals surface area (Å²) in [5, 5.41) is 19.1. The van der Waals surface area contributed by atoms with E-state index in [1.165, 1.54) is 19.3 Å². The summed E-state index contributed by atoms with van der Waals surface area (Å²) in [5.41, 5.74) is 4.58. The SMILES string of the molecule is CN(O)[C@@H]1[C@H](F)[C@@H](n2ccc(N)nc2=O)O[C@@H]1CO. The molecule has 19 heavy (non-hydrogen) atoms. The van der Waals surface area contributed by atoms with Gasteiger partial charge < -0.3 is 20.8 Å². The van der Waals surface area contributed by atoms with Crippen molar-refractivity contribution >= 4 is 5.82 Å². The fourth-order valence-corrected chi connectivity index (χ4v) is 2.14. The quantitative estimate of drug-likeness (QED) is 0.590. The first-order valence-corrected chi connectivity index (χ1v) is 5.62. The Morgan fingerprint density at radius 1 is 1.68 bits per heavy atom. The van der Waals surface area contributed by atoms with Crippen molar-refractivity contribution in [1.82, 2.24) is 14.6 Å². The number of nitrogen functional groups attached to an aromatic ring is 1. The lowest BCUT2D eigenvalue weighted by Gasteiger charge is -2.22. The van der Waals surface area contributed by atoms with Crippen molar-refractivity contribution < 1.29 is 19.4 Å². The molecule has 0 unspecified atom stereocenters. The highest BCUT2D eigenvalue weighted by Gasteiger charge is 2.48. The van der Waals surface area contributed by atoms with Crippen molar-refractivity contribution in [2.24, 2.45) is 0 Å². The van der Waals surface area contributed by atoms with Gasteiger partial charge in [0.2, 0.25) is 0 Å². The third kappa shape index (κ3) is 2.45. The fraction of sp³-hybridized carbons (Fsp3) is 0.600. The Bertz CT molecular complexity index is 509. The van der Waals surface area contributed by atoms with E-state index < -0.39 is 36.8 Å². The molecule has 106 valence electrons. The van der Waals surface area contributed by atoms with Crippen molar-refractivity contribution in [2.75, 3.05) is 19.4 Å². The molecule has 0 saturated carbocycles. The molecule has 1 saturated heterocycles. The highest BCUT2D eigenvalue weighted by atomic mass is 19.1. The van der Waals surface area contributed by atoms with Gasteiger partial charge in [-0.1, -0.05) is 0 Å². The van der Waals surface area contributed by atoms with E-state index in [2.05, 4.69) is 4.98 Å². The predicted molar refractivity (Wildman–Crippen MR) is 62.1 cm³/mol. The molecular formula is C10H15FN4O4. The molecule has 2 heterocycles. The Morgan fingerprint density at radius 2 is 2.37 bits per heavy atom. The van der Waals surface area contributed by atoms with Gasteiger partial charge >= 0.3 is 5.69 Å². The second kappa shape index (κ2) is 5.21. The van der Waals surface area contributed by atoms with Gasteiger partial charge in [-0.15, -0.1) is 0 Å². The molecule has 0 aliphatic carbocycles. The van der Waals surface area contributed by atoms with E-state index in [9.17, 15) is 14.4 Å². The van der Waals surface area contributed by atoms with Gasteiger partial charge in [-0.3, -0.25) is 4.57 Å². The van der Waals surface area contributed by atoms with Gasteiger partial charge in [-0.05, 0) is 6.07 Å². The molecule has 4 N–H and O–H groups in total. The summed E-state index contributed by atoms with van der Waals surface area (Å²) in [7, 11) is 1.25. The summed E-state index contributed by atoms with van der Waals surface area (Å²) in [6.45, 7) is -0.483. The number of nitrogens with two attached hydrogens (primary N) is 1. The molecule has 8 nitrogen and oxygen atoms in total. The van der Waals surface area contributed by atoms with Gasteiger partial charge in [0, 0.05) is 13.2 Å². The third-order valence-corrected chi connectivity index (χ3v) is 3.03. The zero-order valence-electron chi connectivity index (χ0n) is 10.2. The van der Waals surface area contributed by atoms with E-state index >= 15 is 0 Å². The van der Waals surface area contributed by atoms with E-state index in [1.807, 2.05) is 0 Å². The Balaban J connectivity index is 2.34. The summed E-state index contributed by atoms with van der Waals surface area (Å²) in [6.07, 6.45) is -2.65. The zero-order valence-corrected chi connectivity index (χ0v) is 10.2.